The molecule has 0 fully saturated rings. The number of para-hydroxylation sites is 1. The Morgan fingerprint density at radius 2 is 1.85 bits per heavy atom. The lowest BCUT2D eigenvalue weighted by molar-refractivity contribution is 0.101. The van der Waals surface area contributed by atoms with Crippen LogP contribution in [-0.2, 0) is 6.54 Å². The lowest BCUT2D eigenvalue weighted by Gasteiger charge is -2.14. The van der Waals surface area contributed by atoms with Gasteiger partial charge in [-0.15, -0.1) is 0 Å². The number of ether oxygens (including phenoxy) is 2. The number of nitrogens with zero attached hydrogens (tertiary/aromatic N) is 1. The van der Waals surface area contributed by atoms with Crippen molar-refractivity contribution in [2.24, 2.45) is 0 Å². The maximum Gasteiger partial charge on any atom is 0.272 e. The van der Waals surface area contributed by atoms with Crippen LogP contribution in [0.15, 0.2) is 36.4 Å². The minimum atomic E-state index is -0.205. The van der Waals surface area contributed by atoms with Crippen molar-refractivity contribution in [2.75, 3.05) is 19.5 Å². The Kier molecular flexibility index (Phi) is 5.09. The van der Waals surface area contributed by atoms with Crippen LogP contribution in [0.2, 0.25) is 5.02 Å². The Balaban J connectivity index is 2.07. The average molecular weight is 373 g/mol. The summed E-state index contributed by atoms with van der Waals surface area (Å²) in [6, 6.07) is 11.3. The Morgan fingerprint density at radius 3 is 2.50 bits per heavy atom. The third-order valence-corrected chi connectivity index (χ3v) is 4.77. The number of methoxy groups -OCH3 is 2. The molecular weight excluding hydrogens is 352 g/mol. The number of aryl methyl sites for hydroxylation is 2. The molecule has 0 aliphatic carbocycles. The summed E-state index contributed by atoms with van der Waals surface area (Å²) in [5.41, 5.74) is 3.12. The van der Waals surface area contributed by atoms with Crippen molar-refractivity contribution < 1.29 is 14.3 Å². The first-order valence-electron chi connectivity index (χ1n) is 8.32. The van der Waals surface area contributed by atoms with Gasteiger partial charge >= 0.3 is 0 Å². The summed E-state index contributed by atoms with van der Waals surface area (Å²) in [5, 5.41) is 4.42. The van der Waals surface area contributed by atoms with Crippen molar-refractivity contribution in [1.29, 1.82) is 0 Å². The zero-order valence-electron chi connectivity index (χ0n) is 15.2. The number of carbonyl (C=O) groups excluding carboxylic acids is 1. The van der Waals surface area contributed by atoms with Crippen LogP contribution in [0.1, 0.15) is 23.0 Å². The van der Waals surface area contributed by atoms with Crippen molar-refractivity contribution in [3.63, 3.8) is 0 Å². The number of hydrogen-bond donors (Lipinski definition) is 1. The van der Waals surface area contributed by atoms with E-state index in [9.17, 15) is 4.79 Å². The summed E-state index contributed by atoms with van der Waals surface area (Å²) in [6.07, 6.45) is 0. The SMILES string of the molecule is CCn1c(C(=O)Nc2cc(OC)c(Cl)cc2OC)c(C)c2ccccc21. The molecule has 0 aliphatic rings. The van der Waals surface area contributed by atoms with Crippen molar-refractivity contribution in [2.45, 2.75) is 20.4 Å². The van der Waals surface area contributed by atoms with Gasteiger partial charge < -0.3 is 19.4 Å². The van der Waals surface area contributed by atoms with Gasteiger partial charge in [-0.05, 0) is 25.5 Å². The van der Waals surface area contributed by atoms with Crippen molar-refractivity contribution in [1.82, 2.24) is 4.57 Å². The highest BCUT2D eigenvalue weighted by Gasteiger charge is 2.21. The highest BCUT2D eigenvalue weighted by atomic mass is 35.5. The second-order valence-corrected chi connectivity index (χ2v) is 6.28. The quantitative estimate of drug-likeness (QED) is 0.693. The van der Waals surface area contributed by atoms with Gasteiger partial charge in [0.05, 0.1) is 24.9 Å². The molecule has 26 heavy (non-hydrogen) atoms. The number of halogens is 1. The monoisotopic (exact) mass is 372 g/mol. The first-order chi connectivity index (χ1) is 12.5. The third-order valence-electron chi connectivity index (χ3n) is 4.48. The van der Waals surface area contributed by atoms with Gasteiger partial charge in [0.15, 0.2) is 0 Å². The number of amides is 1. The highest BCUT2D eigenvalue weighted by molar-refractivity contribution is 6.32. The second kappa shape index (κ2) is 7.30. The molecule has 0 atom stereocenters. The number of anilines is 1. The maximum absolute atomic E-state index is 13.1. The first kappa shape index (κ1) is 18.1. The standard InChI is InChI=1S/C20H21ClN2O3/c1-5-23-16-9-7-6-8-13(16)12(2)19(23)20(24)22-15-11-17(25-3)14(21)10-18(15)26-4/h6-11H,5H2,1-4H3,(H,22,24). The summed E-state index contributed by atoms with van der Waals surface area (Å²) in [7, 11) is 3.06. The fourth-order valence-electron chi connectivity index (χ4n) is 3.24. The van der Waals surface area contributed by atoms with Crippen LogP contribution < -0.4 is 14.8 Å². The summed E-state index contributed by atoms with van der Waals surface area (Å²) in [4.78, 5) is 13.1. The lowest BCUT2D eigenvalue weighted by atomic mass is 10.1. The van der Waals surface area contributed by atoms with E-state index in [2.05, 4.69) is 5.32 Å². The summed E-state index contributed by atoms with van der Waals surface area (Å²) in [6.45, 7) is 4.68. The zero-order valence-corrected chi connectivity index (χ0v) is 16.0. The van der Waals surface area contributed by atoms with Crippen molar-refractivity contribution >= 4 is 34.1 Å². The Morgan fingerprint density at radius 1 is 1.15 bits per heavy atom. The molecule has 0 bridgehead atoms. The number of carbonyl (C=O) groups is 1. The molecule has 0 unspecified atom stereocenters. The molecule has 0 aliphatic heterocycles. The Bertz CT molecular complexity index is 979. The van der Waals surface area contributed by atoms with E-state index in [-0.39, 0.29) is 5.91 Å². The molecule has 1 aromatic heterocycles. The van der Waals surface area contributed by atoms with Gasteiger partial charge in [-0.3, -0.25) is 4.79 Å². The minimum absolute atomic E-state index is 0.205. The van der Waals surface area contributed by atoms with Crippen molar-refractivity contribution in [3.8, 4) is 11.5 Å². The summed E-state index contributed by atoms with van der Waals surface area (Å²) < 4.78 is 12.6. The maximum atomic E-state index is 13.1. The van der Waals surface area contributed by atoms with Gasteiger partial charge in [0, 0.05) is 29.6 Å². The Hall–Kier alpha value is -2.66. The van der Waals surface area contributed by atoms with Gasteiger partial charge in [-0.25, -0.2) is 0 Å². The number of benzene rings is 2. The lowest BCUT2D eigenvalue weighted by Crippen LogP contribution is -2.18. The fourth-order valence-corrected chi connectivity index (χ4v) is 3.47. The predicted octanol–water partition coefficient (Wildman–Crippen LogP) is 4.89. The van der Waals surface area contributed by atoms with Crippen LogP contribution in [-0.4, -0.2) is 24.7 Å². The van der Waals surface area contributed by atoms with Crippen LogP contribution in [0.4, 0.5) is 5.69 Å². The van der Waals surface area contributed by atoms with Crippen LogP contribution in [0.25, 0.3) is 10.9 Å². The fraction of sp³-hybridized carbons (Fsp3) is 0.250. The van der Waals surface area contributed by atoms with Crippen molar-refractivity contribution in [3.05, 3.63) is 52.7 Å². The van der Waals surface area contributed by atoms with E-state index >= 15 is 0 Å². The molecule has 0 saturated heterocycles. The Labute approximate surface area is 157 Å². The molecule has 0 saturated carbocycles. The molecule has 2 aromatic carbocycles. The molecule has 3 aromatic rings. The largest absolute Gasteiger partial charge is 0.495 e. The van der Waals surface area contributed by atoms with E-state index in [1.165, 1.54) is 14.2 Å². The normalized spacial score (nSPS) is 10.8. The van der Waals surface area contributed by atoms with E-state index in [0.29, 0.717) is 34.4 Å². The van der Waals surface area contributed by atoms with Gasteiger partial charge in [0.1, 0.15) is 17.2 Å². The summed E-state index contributed by atoms with van der Waals surface area (Å²) in [5.74, 6) is 0.736. The number of nitrogens with one attached hydrogen (secondary N) is 1. The van der Waals surface area contributed by atoms with E-state index in [0.717, 1.165) is 16.5 Å². The first-order valence-corrected chi connectivity index (χ1v) is 8.70. The molecule has 1 heterocycles. The molecule has 3 rings (SSSR count). The van der Waals surface area contributed by atoms with E-state index < -0.39 is 0 Å². The van der Waals surface area contributed by atoms with Crippen LogP contribution in [0.5, 0.6) is 11.5 Å². The van der Waals surface area contributed by atoms with Crippen LogP contribution in [0, 0.1) is 6.92 Å². The van der Waals surface area contributed by atoms with Crippen LogP contribution in [0.3, 0.4) is 0 Å². The number of fused-ring (bicyclic) bond motifs is 1. The molecule has 0 spiro atoms. The number of aromatic nitrogens is 1. The zero-order chi connectivity index (χ0) is 18.8. The number of hydrogen-bond acceptors (Lipinski definition) is 3. The smallest absolute Gasteiger partial charge is 0.272 e. The molecule has 6 heteroatoms. The third kappa shape index (κ3) is 2.99. The van der Waals surface area contributed by atoms with Gasteiger partial charge in [-0.2, -0.15) is 0 Å². The minimum Gasteiger partial charge on any atom is -0.495 e. The molecule has 0 radical (unpaired) electrons. The van der Waals surface area contributed by atoms with E-state index in [1.807, 2.05) is 42.7 Å². The second-order valence-electron chi connectivity index (χ2n) is 5.88. The molecule has 1 N–H and O–H groups in total. The predicted molar refractivity (Wildman–Crippen MR) is 105 cm³/mol. The summed E-state index contributed by atoms with van der Waals surface area (Å²) >= 11 is 6.14. The van der Waals surface area contributed by atoms with E-state index in [4.69, 9.17) is 21.1 Å². The van der Waals surface area contributed by atoms with Gasteiger partial charge in [0.25, 0.3) is 5.91 Å². The van der Waals surface area contributed by atoms with Gasteiger partial charge in [-0.1, -0.05) is 29.8 Å². The van der Waals surface area contributed by atoms with E-state index in [1.54, 1.807) is 12.1 Å². The number of rotatable bonds is 5. The molecular formula is C20H21ClN2O3. The highest BCUT2D eigenvalue weighted by Crippen LogP contribution is 2.36. The molecule has 5 nitrogen and oxygen atoms in total. The van der Waals surface area contributed by atoms with Crippen LogP contribution >= 0.6 is 11.6 Å². The average Bonchev–Trinajstić information content (AvgIpc) is 2.95. The topological polar surface area (TPSA) is 52.5 Å². The van der Waals surface area contributed by atoms with Gasteiger partial charge in [0.2, 0.25) is 0 Å². The molecule has 136 valence electrons. The molecule has 1 amide bonds.